The maximum Gasteiger partial charge on any atom is 0.343 e. The van der Waals surface area contributed by atoms with Gasteiger partial charge in [0.25, 0.3) is 0 Å². The predicted octanol–water partition coefficient (Wildman–Crippen LogP) is 6.74. The van der Waals surface area contributed by atoms with Crippen LogP contribution in [0, 0.1) is 0 Å². The van der Waals surface area contributed by atoms with E-state index in [0.717, 1.165) is 37.9 Å². The maximum atomic E-state index is 12.3. The Hall–Kier alpha value is -2.82. The molecular weight excluding hydrogens is 392 g/mol. The molecule has 0 saturated carbocycles. The minimum absolute atomic E-state index is 0.251. The van der Waals surface area contributed by atoms with Gasteiger partial charge in [0.15, 0.2) is 0 Å². The quantitative estimate of drug-likeness (QED) is 0.190. The number of unbranched alkanes of at least 4 members (excludes halogenated alkanes) is 6. The van der Waals surface area contributed by atoms with Crippen LogP contribution in [0.1, 0.15) is 82.0 Å². The summed E-state index contributed by atoms with van der Waals surface area (Å²) in [6, 6.07) is 13.4. The van der Waals surface area contributed by atoms with Crippen LogP contribution in [0.5, 0.6) is 17.2 Å². The summed E-state index contributed by atoms with van der Waals surface area (Å²) in [5, 5.41) is 0. The third-order valence-corrected chi connectivity index (χ3v) is 4.86. The second-order valence-corrected chi connectivity index (χ2v) is 7.58. The van der Waals surface area contributed by atoms with Crippen molar-refractivity contribution in [3.63, 3.8) is 0 Å². The number of rotatable bonds is 14. The lowest BCUT2D eigenvalue weighted by atomic mass is 10.1. The molecule has 0 fully saturated rings. The molecule has 168 valence electrons. The van der Waals surface area contributed by atoms with Crippen LogP contribution in [0.15, 0.2) is 48.5 Å². The fourth-order valence-electron chi connectivity index (χ4n) is 3.03. The van der Waals surface area contributed by atoms with Gasteiger partial charge in [-0.3, -0.25) is 4.79 Å². The average molecular weight is 427 g/mol. The summed E-state index contributed by atoms with van der Waals surface area (Å²) in [4.78, 5) is 24.2. The highest BCUT2D eigenvalue weighted by Crippen LogP contribution is 2.20. The molecule has 0 aliphatic carbocycles. The van der Waals surface area contributed by atoms with Gasteiger partial charge in [0, 0.05) is 6.42 Å². The number of ether oxygens (including phenoxy) is 3. The second-order valence-electron chi connectivity index (χ2n) is 7.58. The van der Waals surface area contributed by atoms with Crippen molar-refractivity contribution < 1.29 is 23.8 Å². The Kier molecular flexibility index (Phi) is 11.2. The predicted molar refractivity (Wildman–Crippen MR) is 122 cm³/mol. The van der Waals surface area contributed by atoms with Gasteiger partial charge in [-0.1, -0.05) is 52.4 Å². The van der Waals surface area contributed by atoms with Crippen LogP contribution in [0.4, 0.5) is 0 Å². The van der Waals surface area contributed by atoms with Gasteiger partial charge in [-0.05, 0) is 61.4 Å². The standard InChI is InChI=1S/C26H34O5/c1-3-5-7-9-11-25(27)30-23-14-12-21(13-15-23)26(28)31-24-18-16-22(17-19-24)29-20-10-8-6-4-2/h12-19H,3-11,20H2,1-2H3. The van der Waals surface area contributed by atoms with Gasteiger partial charge in [0.1, 0.15) is 17.2 Å². The minimum Gasteiger partial charge on any atom is -0.494 e. The first kappa shape index (κ1) is 24.4. The van der Waals surface area contributed by atoms with Gasteiger partial charge in [0.05, 0.1) is 12.2 Å². The van der Waals surface area contributed by atoms with Gasteiger partial charge < -0.3 is 14.2 Å². The lowest BCUT2D eigenvalue weighted by Crippen LogP contribution is -2.10. The molecule has 0 radical (unpaired) electrons. The molecule has 0 amide bonds. The van der Waals surface area contributed by atoms with Crippen LogP contribution in [-0.2, 0) is 4.79 Å². The SMILES string of the molecule is CCCCCCOc1ccc(OC(=O)c2ccc(OC(=O)CCCCCC)cc2)cc1. The Bertz CT molecular complexity index is 780. The van der Waals surface area contributed by atoms with Gasteiger partial charge in [-0.2, -0.15) is 0 Å². The lowest BCUT2D eigenvalue weighted by molar-refractivity contribution is -0.134. The highest BCUT2D eigenvalue weighted by molar-refractivity contribution is 5.91. The third kappa shape index (κ3) is 9.69. The van der Waals surface area contributed by atoms with Crippen LogP contribution in [0.25, 0.3) is 0 Å². The number of hydrogen-bond acceptors (Lipinski definition) is 5. The van der Waals surface area contributed by atoms with E-state index in [0.29, 0.717) is 30.1 Å². The third-order valence-electron chi connectivity index (χ3n) is 4.86. The van der Waals surface area contributed by atoms with Crippen LogP contribution in [0.3, 0.4) is 0 Å². The summed E-state index contributed by atoms with van der Waals surface area (Å²) in [6.07, 6.45) is 9.15. The summed E-state index contributed by atoms with van der Waals surface area (Å²) >= 11 is 0. The molecule has 31 heavy (non-hydrogen) atoms. The highest BCUT2D eigenvalue weighted by atomic mass is 16.5. The minimum atomic E-state index is -0.467. The van der Waals surface area contributed by atoms with E-state index in [1.807, 2.05) is 0 Å². The smallest absolute Gasteiger partial charge is 0.343 e. The zero-order chi connectivity index (χ0) is 22.3. The molecular formula is C26H34O5. The molecule has 0 aliphatic heterocycles. The van der Waals surface area contributed by atoms with Crippen molar-refractivity contribution in [3.05, 3.63) is 54.1 Å². The zero-order valence-electron chi connectivity index (χ0n) is 18.7. The molecule has 2 aromatic rings. The Labute approximate surface area is 185 Å². The number of esters is 2. The number of benzene rings is 2. The first-order valence-electron chi connectivity index (χ1n) is 11.4. The molecule has 0 aromatic heterocycles. The molecule has 0 N–H and O–H groups in total. The molecule has 0 saturated heterocycles. The molecule has 0 atom stereocenters. The number of carbonyl (C=O) groups is 2. The van der Waals surface area contributed by atoms with Crippen molar-refractivity contribution in [1.82, 2.24) is 0 Å². The van der Waals surface area contributed by atoms with Gasteiger partial charge in [-0.25, -0.2) is 4.79 Å². The first-order valence-corrected chi connectivity index (χ1v) is 11.4. The van der Waals surface area contributed by atoms with Crippen LogP contribution in [-0.4, -0.2) is 18.5 Å². The van der Waals surface area contributed by atoms with Gasteiger partial charge in [-0.15, -0.1) is 0 Å². The molecule has 0 spiro atoms. The van der Waals surface area contributed by atoms with E-state index in [-0.39, 0.29) is 5.97 Å². The van der Waals surface area contributed by atoms with Crippen molar-refractivity contribution in [1.29, 1.82) is 0 Å². The number of hydrogen-bond donors (Lipinski definition) is 0. The molecule has 5 nitrogen and oxygen atoms in total. The van der Waals surface area contributed by atoms with E-state index in [4.69, 9.17) is 14.2 Å². The molecule has 2 aromatic carbocycles. The fourth-order valence-corrected chi connectivity index (χ4v) is 3.03. The Morgan fingerprint density at radius 2 is 1.19 bits per heavy atom. The topological polar surface area (TPSA) is 61.8 Å². The molecule has 2 rings (SSSR count). The van der Waals surface area contributed by atoms with Crippen molar-refractivity contribution in [2.45, 2.75) is 71.6 Å². The second kappa shape index (κ2) is 14.2. The monoisotopic (exact) mass is 426 g/mol. The van der Waals surface area contributed by atoms with Crippen molar-refractivity contribution >= 4 is 11.9 Å². The molecule has 5 heteroatoms. The fraction of sp³-hybridized carbons (Fsp3) is 0.462. The summed E-state index contributed by atoms with van der Waals surface area (Å²) in [6.45, 7) is 5.00. The summed E-state index contributed by atoms with van der Waals surface area (Å²) in [5.74, 6) is 0.922. The van der Waals surface area contributed by atoms with Crippen molar-refractivity contribution in [3.8, 4) is 17.2 Å². The van der Waals surface area contributed by atoms with E-state index in [9.17, 15) is 9.59 Å². The summed E-state index contributed by atoms with van der Waals surface area (Å²) < 4.78 is 16.4. The molecule has 0 unspecified atom stereocenters. The van der Waals surface area contributed by atoms with E-state index in [2.05, 4.69) is 13.8 Å². The molecule has 0 bridgehead atoms. The molecule has 0 heterocycles. The average Bonchev–Trinajstić information content (AvgIpc) is 2.78. The maximum absolute atomic E-state index is 12.3. The van der Waals surface area contributed by atoms with E-state index in [1.165, 1.54) is 19.3 Å². The van der Waals surface area contributed by atoms with Crippen LogP contribution >= 0.6 is 0 Å². The Morgan fingerprint density at radius 3 is 1.84 bits per heavy atom. The van der Waals surface area contributed by atoms with E-state index in [1.54, 1.807) is 48.5 Å². The Balaban J connectivity index is 1.77. The van der Waals surface area contributed by atoms with Crippen molar-refractivity contribution in [2.75, 3.05) is 6.61 Å². The normalized spacial score (nSPS) is 10.5. The highest BCUT2D eigenvalue weighted by Gasteiger charge is 2.10. The van der Waals surface area contributed by atoms with Gasteiger partial charge in [0.2, 0.25) is 0 Å². The van der Waals surface area contributed by atoms with Gasteiger partial charge >= 0.3 is 11.9 Å². The largest absolute Gasteiger partial charge is 0.494 e. The zero-order valence-corrected chi connectivity index (χ0v) is 18.7. The Morgan fingerprint density at radius 1 is 0.645 bits per heavy atom. The van der Waals surface area contributed by atoms with Crippen molar-refractivity contribution in [2.24, 2.45) is 0 Å². The lowest BCUT2D eigenvalue weighted by Gasteiger charge is -2.08. The molecule has 0 aliphatic rings. The summed E-state index contributed by atoms with van der Waals surface area (Å²) in [5.41, 5.74) is 0.388. The van der Waals surface area contributed by atoms with E-state index >= 15 is 0 Å². The van der Waals surface area contributed by atoms with Crippen LogP contribution < -0.4 is 14.2 Å². The summed E-state index contributed by atoms with van der Waals surface area (Å²) in [7, 11) is 0. The van der Waals surface area contributed by atoms with Crippen LogP contribution in [0.2, 0.25) is 0 Å². The first-order chi connectivity index (χ1) is 15.1. The van der Waals surface area contributed by atoms with E-state index < -0.39 is 5.97 Å². The number of carbonyl (C=O) groups excluding carboxylic acids is 2.